The summed E-state index contributed by atoms with van der Waals surface area (Å²) >= 11 is 0. The van der Waals surface area contributed by atoms with E-state index in [-0.39, 0.29) is 24.2 Å². The van der Waals surface area contributed by atoms with Gasteiger partial charge in [-0.15, -0.1) is 0 Å². The summed E-state index contributed by atoms with van der Waals surface area (Å²) in [6, 6.07) is 8.69. The van der Waals surface area contributed by atoms with Gasteiger partial charge in [0, 0.05) is 36.3 Å². The molecule has 8 heteroatoms. The summed E-state index contributed by atoms with van der Waals surface area (Å²) in [5, 5.41) is 12.3. The first-order chi connectivity index (χ1) is 13.0. The molecule has 8 nitrogen and oxygen atoms in total. The molecule has 0 bridgehead atoms. The minimum Gasteiger partial charge on any atom is -0.309 e. The van der Waals surface area contributed by atoms with Gasteiger partial charge in [-0.25, -0.2) is 4.79 Å². The molecule has 2 aromatic rings. The van der Waals surface area contributed by atoms with Gasteiger partial charge in [-0.2, -0.15) is 5.10 Å². The van der Waals surface area contributed by atoms with Crippen molar-refractivity contribution in [3.63, 3.8) is 0 Å². The maximum absolute atomic E-state index is 12.5. The van der Waals surface area contributed by atoms with E-state index in [4.69, 9.17) is 0 Å². The number of H-pyrrole nitrogens is 1. The van der Waals surface area contributed by atoms with Crippen molar-refractivity contribution in [3.05, 3.63) is 41.6 Å². The molecule has 1 aromatic carbocycles. The van der Waals surface area contributed by atoms with Gasteiger partial charge in [-0.05, 0) is 37.5 Å². The van der Waals surface area contributed by atoms with E-state index in [9.17, 15) is 14.4 Å². The molecule has 1 aromatic heterocycles. The van der Waals surface area contributed by atoms with Gasteiger partial charge in [0.05, 0.1) is 5.92 Å². The molecular formula is C19H21N5O3. The Bertz CT molecular complexity index is 885. The fourth-order valence-corrected chi connectivity index (χ4v) is 3.14. The highest BCUT2D eigenvalue weighted by molar-refractivity contribution is 6.05. The van der Waals surface area contributed by atoms with Crippen LogP contribution >= 0.6 is 0 Å². The van der Waals surface area contributed by atoms with Gasteiger partial charge in [0.1, 0.15) is 0 Å². The molecule has 2 heterocycles. The van der Waals surface area contributed by atoms with Crippen LogP contribution in [0.2, 0.25) is 0 Å². The van der Waals surface area contributed by atoms with Crippen molar-refractivity contribution in [1.82, 2.24) is 15.5 Å². The van der Waals surface area contributed by atoms with Gasteiger partial charge in [0.2, 0.25) is 11.8 Å². The molecule has 4 amide bonds. The molecular weight excluding hydrogens is 346 g/mol. The van der Waals surface area contributed by atoms with Crippen molar-refractivity contribution in [3.8, 4) is 0 Å². The summed E-state index contributed by atoms with van der Waals surface area (Å²) in [5.74, 6) is 0.326. The van der Waals surface area contributed by atoms with Crippen LogP contribution in [0.25, 0.3) is 0 Å². The van der Waals surface area contributed by atoms with E-state index in [1.807, 2.05) is 25.1 Å². The Morgan fingerprint density at radius 1 is 1.26 bits per heavy atom. The Labute approximate surface area is 156 Å². The largest absolute Gasteiger partial charge is 0.328 e. The predicted molar refractivity (Wildman–Crippen MR) is 99.6 cm³/mol. The molecule has 1 aliphatic heterocycles. The van der Waals surface area contributed by atoms with Gasteiger partial charge >= 0.3 is 6.03 Å². The molecule has 2 aliphatic rings. The van der Waals surface area contributed by atoms with Crippen molar-refractivity contribution < 1.29 is 14.4 Å². The monoisotopic (exact) mass is 367 g/mol. The second-order valence-corrected chi connectivity index (χ2v) is 7.04. The predicted octanol–water partition coefficient (Wildman–Crippen LogP) is 2.48. The summed E-state index contributed by atoms with van der Waals surface area (Å²) < 4.78 is 0. The SMILES string of the molecule is CC(C(=O)Nc1cc(C2CC2)[nH]n1)c1ccc(N2CCC(=O)NC2=O)cc1. The van der Waals surface area contributed by atoms with Gasteiger partial charge in [-0.3, -0.25) is 24.9 Å². The normalized spacial score (nSPS) is 18.2. The third kappa shape index (κ3) is 3.69. The van der Waals surface area contributed by atoms with Crippen LogP contribution in [0.15, 0.2) is 30.3 Å². The third-order valence-electron chi connectivity index (χ3n) is 5.02. The summed E-state index contributed by atoms with van der Waals surface area (Å²) in [5.41, 5.74) is 2.60. The van der Waals surface area contributed by atoms with Crippen molar-refractivity contribution in [2.75, 3.05) is 16.8 Å². The number of hydrogen-bond donors (Lipinski definition) is 3. The number of urea groups is 1. The van der Waals surface area contributed by atoms with E-state index in [1.165, 1.54) is 17.7 Å². The van der Waals surface area contributed by atoms with E-state index in [0.29, 0.717) is 24.0 Å². The lowest BCUT2D eigenvalue weighted by atomic mass is 10.00. The molecule has 1 unspecified atom stereocenters. The van der Waals surface area contributed by atoms with Crippen LogP contribution in [0.1, 0.15) is 49.3 Å². The zero-order chi connectivity index (χ0) is 19.0. The molecule has 2 fully saturated rings. The fourth-order valence-electron chi connectivity index (χ4n) is 3.14. The number of aromatic amines is 1. The molecule has 1 atom stereocenters. The highest BCUT2D eigenvalue weighted by atomic mass is 16.2. The molecule has 1 aliphatic carbocycles. The van der Waals surface area contributed by atoms with E-state index in [0.717, 1.165) is 11.3 Å². The van der Waals surface area contributed by atoms with E-state index in [2.05, 4.69) is 20.8 Å². The number of anilines is 2. The van der Waals surface area contributed by atoms with E-state index >= 15 is 0 Å². The van der Waals surface area contributed by atoms with Crippen LogP contribution in [-0.2, 0) is 9.59 Å². The number of hydrogen-bond acceptors (Lipinski definition) is 4. The Kier molecular flexibility index (Phi) is 4.39. The molecule has 140 valence electrons. The molecule has 1 saturated heterocycles. The highest BCUT2D eigenvalue weighted by Crippen LogP contribution is 2.39. The topological polar surface area (TPSA) is 107 Å². The van der Waals surface area contributed by atoms with Crippen molar-refractivity contribution in [1.29, 1.82) is 0 Å². The minimum atomic E-state index is -0.421. The second kappa shape index (κ2) is 6.86. The maximum Gasteiger partial charge on any atom is 0.328 e. The first-order valence-electron chi connectivity index (χ1n) is 9.09. The summed E-state index contributed by atoms with van der Waals surface area (Å²) in [4.78, 5) is 37.2. The standard InChI is InChI=1S/C19H21N5O3/c1-11(18(26)20-16-10-15(22-23-16)13-2-3-13)12-4-6-14(7-5-12)24-9-8-17(25)21-19(24)27/h4-7,10-11,13H,2-3,8-9H2,1H3,(H,21,25,27)(H2,20,22,23,26). The number of carbonyl (C=O) groups is 3. The molecule has 3 N–H and O–H groups in total. The lowest BCUT2D eigenvalue weighted by Gasteiger charge is -2.26. The number of rotatable bonds is 5. The van der Waals surface area contributed by atoms with Crippen molar-refractivity contribution in [2.45, 2.75) is 38.0 Å². The first kappa shape index (κ1) is 17.3. The summed E-state index contributed by atoms with van der Waals surface area (Å²) in [7, 11) is 0. The van der Waals surface area contributed by atoms with Crippen LogP contribution in [-0.4, -0.2) is 34.6 Å². The number of imide groups is 1. The number of carbonyl (C=O) groups excluding carboxylic acids is 3. The van der Waals surface area contributed by atoms with Crippen molar-refractivity contribution >= 4 is 29.4 Å². The Morgan fingerprint density at radius 3 is 2.67 bits per heavy atom. The lowest BCUT2D eigenvalue weighted by molar-refractivity contribution is -0.120. The molecule has 0 radical (unpaired) electrons. The Balaban J connectivity index is 1.40. The third-order valence-corrected chi connectivity index (χ3v) is 5.02. The number of amides is 4. The van der Waals surface area contributed by atoms with Gasteiger partial charge < -0.3 is 5.32 Å². The molecule has 4 rings (SSSR count). The average molecular weight is 367 g/mol. The fraction of sp³-hybridized carbons (Fsp3) is 0.368. The second-order valence-electron chi connectivity index (χ2n) is 7.04. The van der Waals surface area contributed by atoms with Gasteiger partial charge in [0.15, 0.2) is 5.82 Å². The molecule has 0 spiro atoms. The maximum atomic E-state index is 12.5. The zero-order valence-corrected chi connectivity index (χ0v) is 15.0. The van der Waals surface area contributed by atoms with Crippen LogP contribution < -0.4 is 15.5 Å². The molecule has 1 saturated carbocycles. The van der Waals surface area contributed by atoms with E-state index in [1.54, 1.807) is 12.1 Å². The number of benzene rings is 1. The van der Waals surface area contributed by atoms with E-state index < -0.39 is 6.03 Å². The first-order valence-corrected chi connectivity index (χ1v) is 9.09. The van der Waals surface area contributed by atoms with Crippen LogP contribution in [0, 0.1) is 0 Å². The Hall–Kier alpha value is -3.16. The van der Waals surface area contributed by atoms with Crippen LogP contribution in [0.4, 0.5) is 16.3 Å². The van der Waals surface area contributed by atoms with Gasteiger partial charge in [0.25, 0.3) is 0 Å². The number of nitrogens with zero attached hydrogens (tertiary/aromatic N) is 2. The van der Waals surface area contributed by atoms with Crippen LogP contribution in [0.5, 0.6) is 0 Å². The molecule has 27 heavy (non-hydrogen) atoms. The Morgan fingerprint density at radius 2 is 2.00 bits per heavy atom. The van der Waals surface area contributed by atoms with Crippen LogP contribution in [0.3, 0.4) is 0 Å². The quantitative estimate of drug-likeness (QED) is 0.754. The van der Waals surface area contributed by atoms with Crippen molar-refractivity contribution in [2.24, 2.45) is 0 Å². The minimum absolute atomic E-state index is 0.141. The highest BCUT2D eigenvalue weighted by Gasteiger charge is 2.27. The zero-order valence-electron chi connectivity index (χ0n) is 15.0. The summed E-state index contributed by atoms with van der Waals surface area (Å²) in [6.07, 6.45) is 2.61. The lowest BCUT2D eigenvalue weighted by Crippen LogP contribution is -2.49. The number of aromatic nitrogens is 2. The summed E-state index contributed by atoms with van der Waals surface area (Å²) in [6.45, 7) is 2.17. The average Bonchev–Trinajstić information content (AvgIpc) is 3.41. The number of nitrogens with one attached hydrogen (secondary N) is 3. The smallest absolute Gasteiger partial charge is 0.309 e. The van der Waals surface area contributed by atoms with Gasteiger partial charge in [-0.1, -0.05) is 12.1 Å².